The number of rotatable bonds is 7. The van der Waals surface area contributed by atoms with Gasteiger partial charge in [0.15, 0.2) is 10.8 Å². The van der Waals surface area contributed by atoms with Gasteiger partial charge in [-0.3, -0.25) is 9.69 Å². The van der Waals surface area contributed by atoms with Crippen molar-refractivity contribution in [3.63, 3.8) is 0 Å². The number of carbonyl (C=O) groups excluding carboxylic acids is 2. The first-order valence-corrected chi connectivity index (χ1v) is 12.1. The molecule has 1 aliphatic carbocycles. The zero-order valence-corrected chi connectivity index (χ0v) is 19.3. The quantitative estimate of drug-likeness (QED) is 0.412. The molecule has 1 heterocycles. The SMILES string of the molecule is CCOC(=O)c1csc(N(C(=O)CC)C2CCCC2c2ccc(-c3ccccc3)cc2)n1. The fourth-order valence-corrected chi connectivity index (χ4v) is 5.34. The lowest BCUT2D eigenvalue weighted by molar-refractivity contribution is -0.118. The molecule has 1 aromatic heterocycles. The number of amides is 1. The number of nitrogens with zero attached hydrogens (tertiary/aromatic N) is 2. The molecular weight excluding hydrogens is 420 g/mol. The molecule has 0 radical (unpaired) electrons. The van der Waals surface area contributed by atoms with Gasteiger partial charge in [-0.1, -0.05) is 67.9 Å². The molecule has 0 bridgehead atoms. The van der Waals surface area contributed by atoms with Crippen LogP contribution in [0.25, 0.3) is 11.1 Å². The molecule has 32 heavy (non-hydrogen) atoms. The van der Waals surface area contributed by atoms with E-state index in [1.54, 1.807) is 12.3 Å². The summed E-state index contributed by atoms with van der Waals surface area (Å²) in [6, 6.07) is 19.1. The number of aromatic nitrogens is 1. The molecular formula is C26H28N2O3S. The van der Waals surface area contributed by atoms with Crippen molar-refractivity contribution in [1.82, 2.24) is 4.98 Å². The lowest BCUT2D eigenvalue weighted by Crippen LogP contribution is -2.41. The van der Waals surface area contributed by atoms with Crippen LogP contribution < -0.4 is 4.90 Å². The molecule has 6 heteroatoms. The van der Waals surface area contributed by atoms with Gasteiger partial charge in [0.1, 0.15) is 0 Å². The van der Waals surface area contributed by atoms with Crippen LogP contribution in [-0.4, -0.2) is 29.5 Å². The first kappa shape index (κ1) is 22.2. The lowest BCUT2D eigenvalue weighted by atomic mass is 9.91. The third kappa shape index (κ3) is 4.60. The molecule has 2 aromatic carbocycles. The highest BCUT2D eigenvalue weighted by molar-refractivity contribution is 7.14. The van der Waals surface area contributed by atoms with Crippen LogP contribution in [0.1, 0.15) is 61.5 Å². The molecule has 1 fully saturated rings. The molecule has 3 aromatic rings. The molecule has 166 valence electrons. The predicted molar refractivity (Wildman–Crippen MR) is 128 cm³/mol. The van der Waals surface area contributed by atoms with Crippen LogP contribution in [-0.2, 0) is 9.53 Å². The summed E-state index contributed by atoms with van der Waals surface area (Å²) >= 11 is 1.33. The Kier molecular flexibility index (Phi) is 7.00. The van der Waals surface area contributed by atoms with E-state index in [9.17, 15) is 9.59 Å². The maximum Gasteiger partial charge on any atom is 0.357 e. The highest BCUT2D eigenvalue weighted by atomic mass is 32.1. The Morgan fingerprint density at radius 3 is 2.44 bits per heavy atom. The van der Waals surface area contributed by atoms with Crippen LogP contribution in [0, 0.1) is 0 Å². The second kappa shape index (κ2) is 10.1. The summed E-state index contributed by atoms with van der Waals surface area (Å²) in [6.45, 7) is 3.94. The molecule has 2 atom stereocenters. The van der Waals surface area contributed by atoms with Crippen LogP contribution in [0.4, 0.5) is 5.13 Å². The van der Waals surface area contributed by atoms with Gasteiger partial charge < -0.3 is 4.74 Å². The molecule has 0 spiro atoms. The van der Waals surface area contributed by atoms with E-state index in [0.29, 0.717) is 18.2 Å². The van der Waals surface area contributed by atoms with Gasteiger partial charge in [-0.25, -0.2) is 9.78 Å². The molecule has 2 unspecified atom stereocenters. The number of ether oxygens (including phenoxy) is 1. The van der Waals surface area contributed by atoms with Crippen molar-refractivity contribution in [3.8, 4) is 11.1 Å². The largest absolute Gasteiger partial charge is 0.461 e. The van der Waals surface area contributed by atoms with E-state index < -0.39 is 5.97 Å². The van der Waals surface area contributed by atoms with E-state index >= 15 is 0 Å². The Balaban J connectivity index is 1.61. The molecule has 0 N–H and O–H groups in total. The first-order valence-electron chi connectivity index (χ1n) is 11.2. The highest BCUT2D eigenvalue weighted by Gasteiger charge is 2.37. The summed E-state index contributed by atoms with van der Waals surface area (Å²) in [4.78, 5) is 31.4. The molecule has 1 amide bonds. The zero-order chi connectivity index (χ0) is 22.5. The molecule has 1 aliphatic rings. The monoisotopic (exact) mass is 448 g/mol. The first-order chi connectivity index (χ1) is 15.6. The average Bonchev–Trinajstić information content (AvgIpc) is 3.51. The zero-order valence-electron chi connectivity index (χ0n) is 18.5. The van der Waals surface area contributed by atoms with Crippen molar-refractivity contribution in [2.24, 2.45) is 0 Å². The van der Waals surface area contributed by atoms with Gasteiger partial charge in [0.2, 0.25) is 5.91 Å². The van der Waals surface area contributed by atoms with Crippen LogP contribution >= 0.6 is 11.3 Å². The van der Waals surface area contributed by atoms with Gasteiger partial charge in [0.05, 0.1) is 6.61 Å². The summed E-state index contributed by atoms with van der Waals surface area (Å²) in [5, 5.41) is 2.26. The average molecular weight is 449 g/mol. The number of hydrogen-bond acceptors (Lipinski definition) is 5. The minimum atomic E-state index is -0.446. The van der Waals surface area contributed by atoms with E-state index in [0.717, 1.165) is 19.3 Å². The summed E-state index contributed by atoms with van der Waals surface area (Å²) in [5.74, 6) is -0.170. The third-order valence-electron chi connectivity index (χ3n) is 6.01. The van der Waals surface area contributed by atoms with Crippen molar-refractivity contribution in [1.29, 1.82) is 0 Å². The van der Waals surface area contributed by atoms with Crippen LogP contribution in [0.2, 0.25) is 0 Å². The molecule has 4 rings (SSSR count). The van der Waals surface area contributed by atoms with Crippen molar-refractivity contribution in [3.05, 3.63) is 71.2 Å². The normalized spacial score (nSPS) is 17.8. The van der Waals surface area contributed by atoms with E-state index in [1.165, 1.54) is 28.0 Å². The Labute approximate surface area is 193 Å². The molecule has 0 aliphatic heterocycles. The Morgan fingerprint density at radius 2 is 1.75 bits per heavy atom. The Hall–Kier alpha value is -2.99. The van der Waals surface area contributed by atoms with Gasteiger partial charge in [-0.2, -0.15) is 0 Å². The minimum absolute atomic E-state index is 0.0335. The number of benzene rings is 2. The van der Waals surface area contributed by atoms with Crippen molar-refractivity contribution in [2.75, 3.05) is 11.5 Å². The number of carbonyl (C=O) groups is 2. The van der Waals surface area contributed by atoms with Crippen molar-refractivity contribution < 1.29 is 14.3 Å². The highest BCUT2D eigenvalue weighted by Crippen LogP contribution is 2.41. The van der Waals surface area contributed by atoms with Crippen LogP contribution in [0.3, 0.4) is 0 Å². The van der Waals surface area contributed by atoms with Gasteiger partial charge in [-0.05, 0) is 36.5 Å². The van der Waals surface area contributed by atoms with E-state index in [4.69, 9.17) is 4.74 Å². The number of esters is 1. The second-order valence-electron chi connectivity index (χ2n) is 7.95. The molecule has 1 saturated carbocycles. The lowest BCUT2D eigenvalue weighted by Gasteiger charge is -2.31. The van der Waals surface area contributed by atoms with Crippen molar-refractivity contribution >= 4 is 28.3 Å². The summed E-state index contributed by atoms with van der Waals surface area (Å²) in [5.41, 5.74) is 3.88. The topological polar surface area (TPSA) is 59.5 Å². The van der Waals surface area contributed by atoms with Gasteiger partial charge in [0, 0.05) is 23.8 Å². The smallest absolute Gasteiger partial charge is 0.357 e. The summed E-state index contributed by atoms with van der Waals surface area (Å²) in [7, 11) is 0. The number of hydrogen-bond donors (Lipinski definition) is 0. The van der Waals surface area contributed by atoms with E-state index in [1.807, 2.05) is 30.0 Å². The van der Waals surface area contributed by atoms with Crippen LogP contribution in [0.15, 0.2) is 60.0 Å². The number of thiazole rings is 1. The summed E-state index contributed by atoms with van der Waals surface area (Å²) in [6.07, 6.45) is 3.40. The maximum atomic E-state index is 13.0. The van der Waals surface area contributed by atoms with Gasteiger partial charge in [0.25, 0.3) is 0 Å². The predicted octanol–water partition coefficient (Wildman–Crippen LogP) is 6.07. The Morgan fingerprint density at radius 1 is 1.03 bits per heavy atom. The second-order valence-corrected chi connectivity index (χ2v) is 8.78. The fourth-order valence-electron chi connectivity index (χ4n) is 4.47. The van der Waals surface area contributed by atoms with E-state index in [2.05, 4.69) is 41.4 Å². The molecule has 5 nitrogen and oxygen atoms in total. The number of anilines is 1. The van der Waals surface area contributed by atoms with E-state index in [-0.39, 0.29) is 23.6 Å². The standard InChI is InChI=1S/C26H28N2O3S/c1-3-24(29)28(26-27-22(17-32-26)25(30)31-4-2)23-12-8-11-21(23)20-15-13-19(14-16-20)18-9-6-5-7-10-18/h5-7,9-10,13-17,21,23H,3-4,8,11-12H2,1-2H3. The van der Waals surface area contributed by atoms with Crippen LogP contribution in [0.5, 0.6) is 0 Å². The van der Waals surface area contributed by atoms with Crippen molar-refractivity contribution in [2.45, 2.75) is 51.5 Å². The maximum absolute atomic E-state index is 13.0. The van der Waals surface area contributed by atoms with Gasteiger partial charge >= 0.3 is 5.97 Å². The Bertz CT molecular complexity index is 1060. The molecule has 0 saturated heterocycles. The fraction of sp³-hybridized carbons (Fsp3) is 0.346. The minimum Gasteiger partial charge on any atom is -0.461 e. The van der Waals surface area contributed by atoms with Gasteiger partial charge in [-0.15, -0.1) is 11.3 Å². The third-order valence-corrected chi connectivity index (χ3v) is 6.85. The summed E-state index contributed by atoms with van der Waals surface area (Å²) < 4.78 is 5.07.